The molecule has 0 unspecified atom stereocenters. The van der Waals surface area contributed by atoms with Gasteiger partial charge in [-0.2, -0.15) is 0 Å². The number of aliphatic imine (C=N–C) groups is 1. The van der Waals surface area contributed by atoms with Gasteiger partial charge in [-0.3, -0.25) is 19.5 Å². The standard InChI is InChI=1S/C15H19N7O3.ClH/c16-15(17)18-7-6-11-8-21(20-19-11)9-13(23)22(10-14(24)25)12-4-2-1-3-5-12;/h1-5,8H,6-7,9-10H2,(H,24,25)(H4,16,17,18);1H. The van der Waals surface area contributed by atoms with Gasteiger partial charge in [0, 0.05) is 24.8 Å². The van der Waals surface area contributed by atoms with E-state index in [0.29, 0.717) is 24.3 Å². The highest BCUT2D eigenvalue weighted by atomic mass is 35.5. The number of aliphatic carboxylic acids is 1. The number of hydrogen-bond acceptors (Lipinski definition) is 5. The number of nitrogens with zero attached hydrogens (tertiary/aromatic N) is 5. The van der Waals surface area contributed by atoms with E-state index in [-0.39, 0.29) is 24.9 Å². The molecule has 11 heteroatoms. The van der Waals surface area contributed by atoms with Crippen LogP contribution in [0.2, 0.25) is 0 Å². The lowest BCUT2D eigenvalue weighted by atomic mass is 10.2. The Hall–Kier alpha value is -3.14. The van der Waals surface area contributed by atoms with Crippen molar-refractivity contribution < 1.29 is 14.7 Å². The maximum absolute atomic E-state index is 12.5. The second kappa shape index (κ2) is 9.99. The van der Waals surface area contributed by atoms with Gasteiger partial charge in [-0.15, -0.1) is 17.5 Å². The maximum Gasteiger partial charge on any atom is 0.323 e. The molecule has 0 radical (unpaired) electrons. The lowest BCUT2D eigenvalue weighted by molar-refractivity contribution is -0.136. The van der Waals surface area contributed by atoms with E-state index in [9.17, 15) is 9.59 Å². The summed E-state index contributed by atoms with van der Waals surface area (Å²) in [6.07, 6.45) is 2.08. The number of carboxylic acids is 1. The summed E-state index contributed by atoms with van der Waals surface area (Å²) in [4.78, 5) is 28.6. The maximum atomic E-state index is 12.5. The number of halogens is 1. The van der Waals surface area contributed by atoms with Crippen molar-refractivity contribution in [3.63, 3.8) is 0 Å². The summed E-state index contributed by atoms with van der Waals surface area (Å²) in [6.45, 7) is -0.198. The summed E-state index contributed by atoms with van der Waals surface area (Å²) < 4.78 is 1.35. The Morgan fingerprint density at radius 1 is 1.23 bits per heavy atom. The number of aromatic nitrogens is 3. The van der Waals surface area contributed by atoms with Gasteiger partial charge in [0.25, 0.3) is 0 Å². The van der Waals surface area contributed by atoms with E-state index in [1.54, 1.807) is 36.5 Å². The third-order valence-corrected chi connectivity index (χ3v) is 3.21. The lowest BCUT2D eigenvalue weighted by Gasteiger charge is -2.20. The Kier molecular flexibility index (Phi) is 8.03. The van der Waals surface area contributed by atoms with Crippen LogP contribution in [0.5, 0.6) is 0 Å². The fourth-order valence-corrected chi connectivity index (χ4v) is 2.12. The van der Waals surface area contributed by atoms with Crippen LogP contribution in [0.25, 0.3) is 0 Å². The van der Waals surface area contributed by atoms with E-state index in [1.165, 1.54) is 9.58 Å². The number of amides is 1. The van der Waals surface area contributed by atoms with Gasteiger partial charge in [0.1, 0.15) is 13.1 Å². The summed E-state index contributed by atoms with van der Waals surface area (Å²) in [5.74, 6) is -1.52. The number of carboxylic acid groups (broad SMARTS) is 1. The van der Waals surface area contributed by atoms with Crippen molar-refractivity contribution in [1.82, 2.24) is 15.0 Å². The average molecular weight is 382 g/mol. The first-order valence-corrected chi connectivity index (χ1v) is 7.47. The molecule has 2 aromatic rings. The third kappa shape index (κ3) is 6.40. The molecule has 1 amide bonds. The van der Waals surface area contributed by atoms with Crippen LogP contribution in [0.15, 0.2) is 41.5 Å². The van der Waals surface area contributed by atoms with Crippen LogP contribution in [0, 0.1) is 0 Å². The summed E-state index contributed by atoms with van der Waals surface area (Å²) in [6, 6.07) is 8.59. The Labute approximate surface area is 155 Å². The molecule has 1 aromatic heterocycles. The molecule has 1 aromatic carbocycles. The predicted octanol–water partition coefficient (Wildman–Crippen LogP) is -0.366. The molecule has 0 saturated carbocycles. The monoisotopic (exact) mass is 381 g/mol. The fraction of sp³-hybridized carbons (Fsp3) is 0.267. The van der Waals surface area contributed by atoms with Crippen LogP contribution < -0.4 is 16.4 Å². The first kappa shape index (κ1) is 20.9. The van der Waals surface area contributed by atoms with Crippen LogP contribution in [0.3, 0.4) is 0 Å². The zero-order valence-electron chi connectivity index (χ0n) is 13.9. The SMILES string of the molecule is Cl.NC(N)=NCCc1cn(CC(=O)N(CC(=O)O)c2ccccc2)nn1. The van der Waals surface area contributed by atoms with Crippen molar-refractivity contribution in [1.29, 1.82) is 0 Å². The van der Waals surface area contributed by atoms with Gasteiger partial charge in [-0.25, -0.2) is 4.68 Å². The Balaban J connectivity index is 0.00000338. The molecule has 0 aliphatic carbocycles. The minimum absolute atomic E-state index is 0. The number of guanidine groups is 1. The number of anilines is 1. The van der Waals surface area contributed by atoms with Crippen molar-refractivity contribution in [2.24, 2.45) is 16.5 Å². The topological polar surface area (TPSA) is 153 Å². The highest BCUT2D eigenvalue weighted by Gasteiger charge is 2.19. The fourth-order valence-electron chi connectivity index (χ4n) is 2.12. The quantitative estimate of drug-likeness (QED) is 0.416. The molecule has 1 heterocycles. The first-order valence-electron chi connectivity index (χ1n) is 7.47. The molecule has 0 aliphatic heterocycles. The Bertz CT molecular complexity index is 760. The van der Waals surface area contributed by atoms with Crippen LogP contribution in [-0.2, 0) is 22.6 Å². The van der Waals surface area contributed by atoms with Gasteiger partial charge in [-0.05, 0) is 12.1 Å². The molecular formula is C15H20ClN7O3. The largest absolute Gasteiger partial charge is 0.480 e. The molecular weight excluding hydrogens is 362 g/mol. The molecule has 2 rings (SSSR count). The Morgan fingerprint density at radius 2 is 1.92 bits per heavy atom. The summed E-state index contributed by atoms with van der Waals surface area (Å²) in [7, 11) is 0. The molecule has 0 bridgehead atoms. The number of rotatable bonds is 8. The third-order valence-electron chi connectivity index (χ3n) is 3.21. The molecule has 140 valence electrons. The molecule has 0 spiro atoms. The van der Waals surface area contributed by atoms with Crippen molar-refractivity contribution >= 4 is 35.9 Å². The normalized spacial score (nSPS) is 9.85. The van der Waals surface area contributed by atoms with Crippen molar-refractivity contribution in [2.45, 2.75) is 13.0 Å². The second-order valence-corrected chi connectivity index (χ2v) is 5.17. The van der Waals surface area contributed by atoms with Gasteiger partial charge in [0.05, 0.1) is 5.69 Å². The number of benzene rings is 1. The summed E-state index contributed by atoms with van der Waals surface area (Å²) in [5.41, 5.74) is 11.6. The van der Waals surface area contributed by atoms with Crippen molar-refractivity contribution in [3.05, 3.63) is 42.2 Å². The number of carbonyl (C=O) groups excluding carboxylic acids is 1. The highest BCUT2D eigenvalue weighted by molar-refractivity contribution is 5.97. The van der Waals surface area contributed by atoms with Crippen molar-refractivity contribution in [2.75, 3.05) is 18.0 Å². The number of para-hydroxylation sites is 1. The molecule has 0 aliphatic rings. The average Bonchev–Trinajstić information content (AvgIpc) is 3.00. The lowest BCUT2D eigenvalue weighted by Crippen LogP contribution is -2.38. The molecule has 5 N–H and O–H groups in total. The molecule has 0 fully saturated rings. The van der Waals surface area contributed by atoms with Crippen LogP contribution in [0.1, 0.15) is 5.69 Å². The van der Waals surface area contributed by atoms with Crippen molar-refractivity contribution in [3.8, 4) is 0 Å². The summed E-state index contributed by atoms with van der Waals surface area (Å²) >= 11 is 0. The van der Waals surface area contributed by atoms with Crippen LogP contribution in [0.4, 0.5) is 5.69 Å². The highest BCUT2D eigenvalue weighted by Crippen LogP contribution is 2.13. The molecule has 26 heavy (non-hydrogen) atoms. The smallest absolute Gasteiger partial charge is 0.323 e. The molecule has 0 saturated heterocycles. The van der Waals surface area contributed by atoms with Gasteiger partial charge in [-0.1, -0.05) is 23.4 Å². The van der Waals surface area contributed by atoms with E-state index >= 15 is 0 Å². The van der Waals surface area contributed by atoms with Crippen LogP contribution >= 0.6 is 12.4 Å². The summed E-state index contributed by atoms with van der Waals surface area (Å²) in [5, 5.41) is 16.8. The second-order valence-electron chi connectivity index (χ2n) is 5.17. The number of carbonyl (C=O) groups is 2. The van der Waals surface area contributed by atoms with E-state index in [0.717, 1.165) is 0 Å². The van der Waals surface area contributed by atoms with Gasteiger partial charge in [0.2, 0.25) is 5.91 Å². The minimum Gasteiger partial charge on any atom is -0.480 e. The van der Waals surface area contributed by atoms with E-state index in [4.69, 9.17) is 16.6 Å². The van der Waals surface area contributed by atoms with Gasteiger partial charge >= 0.3 is 5.97 Å². The van der Waals surface area contributed by atoms with E-state index < -0.39 is 18.4 Å². The zero-order valence-corrected chi connectivity index (χ0v) is 14.7. The number of nitrogens with two attached hydrogens (primary N) is 2. The zero-order chi connectivity index (χ0) is 18.2. The molecule has 10 nitrogen and oxygen atoms in total. The van der Waals surface area contributed by atoms with Gasteiger partial charge < -0.3 is 16.6 Å². The van der Waals surface area contributed by atoms with E-state index in [2.05, 4.69) is 15.3 Å². The van der Waals surface area contributed by atoms with E-state index in [1.807, 2.05) is 0 Å². The van der Waals surface area contributed by atoms with Gasteiger partial charge in [0.15, 0.2) is 5.96 Å². The van der Waals surface area contributed by atoms with Crippen LogP contribution in [-0.4, -0.2) is 51.0 Å². The predicted molar refractivity (Wildman–Crippen MR) is 98.1 cm³/mol. The Morgan fingerprint density at radius 3 is 2.54 bits per heavy atom. The minimum atomic E-state index is -1.10. The molecule has 0 atom stereocenters. The number of hydrogen-bond donors (Lipinski definition) is 3. The first-order chi connectivity index (χ1) is 12.0.